The van der Waals surface area contributed by atoms with Crippen molar-refractivity contribution in [2.75, 3.05) is 18.6 Å². The van der Waals surface area contributed by atoms with Crippen molar-refractivity contribution in [3.8, 4) is 16.9 Å². The van der Waals surface area contributed by atoms with Gasteiger partial charge >= 0.3 is 6.18 Å². The Bertz CT molecular complexity index is 1430. The molecule has 0 saturated carbocycles. The molecule has 1 aliphatic heterocycles. The summed E-state index contributed by atoms with van der Waals surface area (Å²) < 4.78 is 44.5. The van der Waals surface area contributed by atoms with Crippen LogP contribution in [-0.2, 0) is 11.0 Å². The van der Waals surface area contributed by atoms with Crippen LogP contribution >= 0.6 is 0 Å². The molecular weight excluding hydrogens is 459 g/mol. The number of H-pyrrole nitrogens is 1. The summed E-state index contributed by atoms with van der Waals surface area (Å²) >= 11 is 0. The minimum Gasteiger partial charge on any atom is -0.489 e. The number of rotatable bonds is 3. The van der Waals surface area contributed by atoms with Gasteiger partial charge in [-0.15, -0.1) is 0 Å². The van der Waals surface area contributed by atoms with Crippen molar-refractivity contribution in [3.05, 3.63) is 84.1 Å². The highest BCUT2D eigenvalue weighted by Gasteiger charge is 2.31. The van der Waals surface area contributed by atoms with Crippen LogP contribution in [0.4, 0.5) is 18.9 Å². The van der Waals surface area contributed by atoms with E-state index in [0.29, 0.717) is 33.5 Å². The minimum atomic E-state index is -4.42. The number of likely N-dealkylation sites (N-methyl/N-ethyl adjacent to an activating group) is 1. The van der Waals surface area contributed by atoms with E-state index in [9.17, 15) is 22.8 Å². The Hall–Kier alpha value is -4.27. The zero-order valence-electron chi connectivity index (χ0n) is 18.5. The molecule has 2 amide bonds. The maximum atomic E-state index is 13.0. The third kappa shape index (κ3) is 4.21. The Morgan fingerprint density at radius 2 is 1.80 bits per heavy atom. The first-order valence-corrected chi connectivity index (χ1v) is 10.8. The van der Waals surface area contributed by atoms with Crippen molar-refractivity contribution in [2.24, 2.45) is 0 Å². The highest BCUT2D eigenvalue weighted by molar-refractivity contribution is 6.05. The van der Waals surface area contributed by atoms with Gasteiger partial charge in [0.2, 0.25) is 0 Å². The van der Waals surface area contributed by atoms with Crippen LogP contribution in [0.15, 0.2) is 72.8 Å². The first-order valence-electron chi connectivity index (χ1n) is 10.8. The molecule has 0 bridgehead atoms. The van der Waals surface area contributed by atoms with E-state index in [1.807, 2.05) is 0 Å². The fourth-order valence-corrected chi connectivity index (χ4v) is 4.15. The number of nitrogens with zero attached hydrogens (tertiary/aromatic N) is 1. The standard InChI is InChI=1S/C26H20F3N3O3/c1-32-21-7-2-3-8-22(21)35-14-20(25(32)34)31-24(33)19-13-16-5-4-6-18(23(16)30-19)15-9-11-17(12-10-15)26(27,28)29/h2-13,20,30H,14H2,1H3,(H,31,33)/t20-/m0/s1. The lowest BCUT2D eigenvalue weighted by atomic mass is 10.0. The number of benzene rings is 3. The topological polar surface area (TPSA) is 74.4 Å². The van der Waals surface area contributed by atoms with Crippen LogP contribution < -0.4 is 15.0 Å². The number of aromatic nitrogens is 1. The number of hydrogen-bond acceptors (Lipinski definition) is 3. The molecule has 4 aromatic rings. The summed E-state index contributed by atoms with van der Waals surface area (Å²) in [5.74, 6) is -0.266. The van der Waals surface area contributed by atoms with Crippen molar-refractivity contribution >= 4 is 28.4 Å². The quantitative estimate of drug-likeness (QED) is 0.434. The molecule has 1 aromatic heterocycles. The van der Waals surface area contributed by atoms with E-state index in [1.165, 1.54) is 17.0 Å². The predicted molar refractivity (Wildman–Crippen MR) is 125 cm³/mol. The highest BCUT2D eigenvalue weighted by atomic mass is 19.4. The highest BCUT2D eigenvalue weighted by Crippen LogP contribution is 2.34. The van der Waals surface area contributed by atoms with E-state index in [-0.39, 0.29) is 18.2 Å². The van der Waals surface area contributed by atoms with Crippen LogP contribution in [0, 0.1) is 0 Å². The number of nitrogens with one attached hydrogen (secondary N) is 2. The summed E-state index contributed by atoms with van der Waals surface area (Å²) in [4.78, 5) is 30.5. The average molecular weight is 479 g/mol. The summed E-state index contributed by atoms with van der Waals surface area (Å²) in [7, 11) is 1.62. The number of hydrogen-bond donors (Lipinski definition) is 2. The number of anilines is 1. The third-order valence-electron chi connectivity index (χ3n) is 5.99. The van der Waals surface area contributed by atoms with Crippen LogP contribution in [-0.4, -0.2) is 36.5 Å². The number of aromatic amines is 1. The number of para-hydroxylation sites is 3. The molecule has 0 radical (unpaired) electrons. The van der Waals surface area contributed by atoms with Gasteiger partial charge in [-0.3, -0.25) is 9.59 Å². The molecule has 0 spiro atoms. The SMILES string of the molecule is CN1C(=O)[C@@H](NC(=O)c2cc3cccc(-c4ccc(C(F)(F)F)cc4)c3[nH]2)COc2ccccc21. The molecule has 35 heavy (non-hydrogen) atoms. The van der Waals surface area contributed by atoms with E-state index >= 15 is 0 Å². The molecule has 6 nitrogen and oxygen atoms in total. The number of carbonyl (C=O) groups is 2. The molecule has 2 N–H and O–H groups in total. The second-order valence-electron chi connectivity index (χ2n) is 8.23. The van der Waals surface area contributed by atoms with Gasteiger partial charge in [-0.1, -0.05) is 42.5 Å². The second-order valence-corrected chi connectivity index (χ2v) is 8.23. The lowest BCUT2D eigenvalue weighted by Crippen LogP contribution is -2.49. The first-order chi connectivity index (χ1) is 16.7. The van der Waals surface area contributed by atoms with E-state index < -0.39 is 23.7 Å². The van der Waals surface area contributed by atoms with Gasteiger partial charge in [0.25, 0.3) is 11.8 Å². The van der Waals surface area contributed by atoms with E-state index in [1.54, 1.807) is 55.6 Å². The zero-order valence-corrected chi connectivity index (χ0v) is 18.5. The molecular formula is C26H20F3N3O3. The summed E-state index contributed by atoms with van der Waals surface area (Å²) in [6.45, 7) is -0.0248. The van der Waals surface area contributed by atoms with Crippen molar-refractivity contribution < 1.29 is 27.5 Å². The maximum Gasteiger partial charge on any atom is 0.416 e. The zero-order chi connectivity index (χ0) is 24.7. The fraction of sp³-hybridized carbons (Fsp3) is 0.154. The van der Waals surface area contributed by atoms with Crippen LogP contribution in [0.25, 0.3) is 22.0 Å². The van der Waals surface area contributed by atoms with Crippen LogP contribution in [0.2, 0.25) is 0 Å². The fourth-order valence-electron chi connectivity index (χ4n) is 4.15. The maximum absolute atomic E-state index is 13.0. The normalized spacial score (nSPS) is 15.9. The number of fused-ring (bicyclic) bond motifs is 2. The summed E-state index contributed by atoms with van der Waals surface area (Å²) in [6.07, 6.45) is -4.42. The molecule has 1 aliphatic rings. The lowest BCUT2D eigenvalue weighted by molar-refractivity contribution is -0.137. The van der Waals surface area contributed by atoms with Crippen LogP contribution in [0.5, 0.6) is 5.75 Å². The summed E-state index contributed by atoms with van der Waals surface area (Å²) in [6, 6.07) is 18.0. The number of amides is 2. The Morgan fingerprint density at radius 1 is 1.06 bits per heavy atom. The molecule has 0 fully saturated rings. The van der Waals surface area contributed by atoms with E-state index in [2.05, 4.69) is 10.3 Å². The number of alkyl halides is 3. The Kier molecular flexibility index (Phi) is 5.47. The molecule has 0 aliphatic carbocycles. The smallest absolute Gasteiger partial charge is 0.416 e. The van der Waals surface area contributed by atoms with Crippen LogP contribution in [0.3, 0.4) is 0 Å². The molecule has 2 heterocycles. The largest absolute Gasteiger partial charge is 0.489 e. The van der Waals surface area contributed by atoms with Crippen molar-refractivity contribution in [3.63, 3.8) is 0 Å². The molecule has 178 valence electrons. The molecule has 0 saturated heterocycles. The number of ether oxygens (including phenoxy) is 1. The van der Waals surface area contributed by atoms with E-state index in [0.717, 1.165) is 12.1 Å². The van der Waals surface area contributed by atoms with Crippen molar-refractivity contribution in [2.45, 2.75) is 12.2 Å². The Labute approximate surface area is 198 Å². The van der Waals surface area contributed by atoms with Crippen molar-refractivity contribution in [1.29, 1.82) is 0 Å². The van der Waals surface area contributed by atoms with Gasteiger partial charge in [0.15, 0.2) is 0 Å². The van der Waals surface area contributed by atoms with Gasteiger partial charge in [-0.2, -0.15) is 13.2 Å². The molecule has 3 aromatic carbocycles. The van der Waals surface area contributed by atoms with Gasteiger partial charge in [-0.05, 0) is 35.9 Å². The van der Waals surface area contributed by atoms with Crippen LogP contribution in [0.1, 0.15) is 16.1 Å². The van der Waals surface area contributed by atoms with Gasteiger partial charge in [0.05, 0.1) is 16.8 Å². The van der Waals surface area contributed by atoms with Gasteiger partial charge < -0.3 is 19.9 Å². The second kappa shape index (κ2) is 8.50. The average Bonchev–Trinajstić information content (AvgIpc) is 3.25. The Balaban J connectivity index is 1.40. The van der Waals surface area contributed by atoms with Gasteiger partial charge in [0, 0.05) is 18.0 Å². The summed E-state index contributed by atoms with van der Waals surface area (Å²) in [5, 5.41) is 3.43. The van der Waals surface area contributed by atoms with Gasteiger partial charge in [0.1, 0.15) is 24.1 Å². The number of halogens is 3. The molecule has 9 heteroatoms. The predicted octanol–water partition coefficient (Wildman–Crippen LogP) is 5.01. The van der Waals surface area contributed by atoms with E-state index in [4.69, 9.17) is 4.74 Å². The molecule has 1 atom stereocenters. The first kappa shape index (κ1) is 22.5. The minimum absolute atomic E-state index is 0.0248. The summed E-state index contributed by atoms with van der Waals surface area (Å²) in [5.41, 5.74) is 1.92. The van der Waals surface area contributed by atoms with Gasteiger partial charge in [-0.25, -0.2) is 0 Å². The third-order valence-corrected chi connectivity index (χ3v) is 5.99. The molecule has 0 unspecified atom stereocenters. The Morgan fingerprint density at radius 3 is 2.54 bits per heavy atom. The lowest BCUT2D eigenvalue weighted by Gasteiger charge is -2.20. The monoisotopic (exact) mass is 479 g/mol. The number of carbonyl (C=O) groups excluding carboxylic acids is 2. The van der Waals surface area contributed by atoms with Crippen molar-refractivity contribution in [1.82, 2.24) is 10.3 Å². The molecule has 5 rings (SSSR count).